The van der Waals surface area contributed by atoms with Crippen molar-refractivity contribution in [3.63, 3.8) is 0 Å². The third kappa shape index (κ3) is 1.74. The molecule has 90 valence electrons. The van der Waals surface area contributed by atoms with Gasteiger partial charge in [-0.2, -0.15) is 0 Å². The highest BCUT2D eigenvalue weighted by molar-refractivity contribution is 6.03. The van der Waals surface area contributed by atoms with Crippen molar-refractivity contribution in [2.45, 2.75) is 26.2 Å². The minimum absolute atomic E-state index is 0.0259. The molecule has 0 aliphatic heterocycles. The first-order valence-corrected chi connectivity index (χ1v) is 6.21. The smallest absolute Gasteiger partial charge is 0.0968 e. The Kier molecular flexibility index (Phi) is 2.34. The zero-order chi connectivity index (χ0) is 12.8. The maximum atomic E-state index is 4.81. The second-order valence-electron chi connectivity index (χ2n) is 5.66. The van der Waals surface area contributed by atoms with E-state index in [1.807, 2.05) is 18.3 Å². The maximum Gasteiger partial charge on any atom is 0.0968 e. The lowest BCUT2D eigenvalue weighted by atomic mass is 9.92. The highest BCUT2D eigenvalue weighted by Crippen LogP contribution is 2.26. The summed E-state index contributed by atoms with van der Waals surface area (Å²) in [7, 11) is 0. The maximum absolute atomic E-state index is 4.81. The quantitative estimate of drug-likeness (QED) is 0.550. The second kappa shape index (κ2) is 3.77. The summed E-state index contributed by atoms with van der Waals surface area (Å²) in [4.78, 5) is 9.35. The van der Waals surface area contributed by atoms with E-state index in [0.29, 0.717) is 0 Å². The molecule has 1 aromatic heterocycles. The predicted octanol–water partition coefficient (Wildman–Crippen LogP) is 4.08. The average molecular weight is 236 g/mol. The lowest BCUT2D eigenvalue weighted by molar-refractivity contribution is 0.569. The molecular weight excluding hydrogens is 220 g/mol. The summed E-state index contributed by atoms with van der Waals surface area (Å²) in [6.07, 6.45) is 1.89. The Hall–Kier alpha value is -1.96. The first-order chi connectivity index (χ1) is 8.55. The van der Waals surface area contributed by atoms with Gasteiger partial charge in [-0.05, 0) is 11.5 Å². The molecule has 0 saturated heterocycles. The molecule has 0 aliphatic carbocycles. The summed E-state index contributed by atoms with van der Waals surface area (Å²) >= 11 is 0. The van der Waals surface area contributed by atoms with Crippen LogP contribution in [0.4, 0.5) is 0 Å². The van der Waals surface area contributed by atoms with Crippen LogP contribution in [0.5, 0.6) is 0 Å². The van der Waals surface area contributed by atoms with Gasteiger partial charge in [-0.1, -0.05) is 51.1 Å². The largest absolute Gasteiger partial charge is 0.253 e. The minimum atomic E-state index is 0.0259. The monoisotopic (exact) mass is 236 g/mol. The molecule has 2 heteroatoms. The van der Waals surface area contributed by atoms with Crippen molar-refractivity contribution in [1.29, 1.82) is 0 Å². The molecular formula is C16H16N2. The first-order valence-electron chi connectivity index (χ1n) is 6.21. The fourth-order valence-corrected chi connectivity index (χ4v) is 2.11. The van der Waals surface area contributed by atoms with Gasteiger partial charge in [0.2, 0.25) is 0 Å². The first kappa shape index (κ1) is 11.1. The lowest BCUT2D eigenvalue weighted by Crippen LogP contribution is -2.13. The molecule has 2 nitrogen and oxygen atoms in total. The fraction of sp³-hybridized carbons (Fsp3) is 0.250. The molecule has 18 heavy (non-hydrogen) atoms. The van der Waals surface area contributed by atoms with Gasteiger partial charge in [0, 0.05) is 17.0 Å². The van der Waals surface area contributed by atoms with Crippen LogP contribution in [-0.2, 0) is 5.41 Å². The number of hydrogen-bond donors (Lipinski definition) is 0. The van der Waals surface area contributed by atoms with E-state index < -0.39 is 0 Å². The third-order valence-electron chi connectivity index (χ3n) is 3.21. The predicted molar refractivity (Wildman–Crippen MR) is 75.7 cm³/mol. The average Bonchev–Trinajstić information content (AvgIpc) is 2.37. The van der Waals surface area contributed by atoms with Gasteiger partial charge in [0.15, 0.2) is 0 Å². The van der Waals surface area contributed by atoms with Crippen LogP contribution in [-0.4, -0.2) is 9.97 Å². The van der Waals surface area contributed by atoms with Crippen LogP contribution in [0.1, 0.15) is 26.5 Å². The van der Waals surface area contributed by atoms with Crippen molar-refractivity contribution in [1.82, 2.24) is 9.97 Å². The van der Waals surface area contributed by atoms with Gasteiger partial charge in [-0.25, -0.2) is 4.98 Å². The van der Waals surface area contributed by atoms with E-state index in [4.69, 9.17) is 4.98 Å². The number of nitrogens with zero attached hydrogens (tertiary/aromatic N) is 2. The van der Waals surface area contributed by atoms with Crippen molar-refractivity contribution < 1.29 is 0 Å². The summed E-state index contributed by atoms with van der Waals surface area (Å²) in [5.74, 6) is 0. The normalized spacial score (nSPS) is 12.2. The molecule has 2 aromatic carbocycles. The summed E-state index contributed by atoms with van der Waals surface area (Å²) in [5, 5.41) is 2.39. The number of benzene rings is 2. The third-order valence-corrected chi connectivity index (χ3v) is 3.21. The van der Waals surface area contributed by atoms with Crippen molar-refractivity contribution in [3.8, 4) is 0 Å². The topological polar surface area (TPSA) is 25.8 Å². The van der Waals surface area contributed by atoms with Crippen molar-refractivity contribution >= 4 is 21.8 Å². The SMILES string of the molecule is CC(C)(C)c1cnc2ccc3ccccc3c2n1. The van der Waals surface area contributed by atoms with Gasteiger partial charge in [-0.3, -0.25) is 4.98 Å². The highest BCUT2D eigenvalue weighted by Gasteiger charge is 2.16. The van der Waals surface area contributed by atoms with Crippen LogP contribution in [0.2, 0.25) is 0 Å². The van der Waals surface area contributed by atoms with Crippen LogP contribution in [0, 0.1) is 0 Å². The molecule has 0 aliphatic rings. The lowest BCUT2D eigenvalue weighted by Gasteiger charge is -2.17. The number of rotatable bonds is 0. The Balaban J connectivity index is 2.40. The Morgan fingerprint density at radius 2 is 1.72 bits per heavy atom. The Morgan fingerprint density at radius 1 is 0.944 bits per heavy atom. The van der Waals surface area contributed by atoms with Gasteiger partial charge in [0.05, 0.1) is 16.7 Å². The summed E-state index contributed by atoms with van der Waals surface area (Å²) < 4.78 is 0. The van der Waals surface area contributed by atoms with Gasteiger partial charge >= 0.3 is 0 Å². The number of fused-ring (bicyclic) bond motifs is 3. The Bertz CT molecular complexity index is 724. The Labute approximate surface area is 107 Å². The molecule has 0 radical (unpaired) electrons. The van der Waals surface area contributed by atoms with E-state index in [1.54, 1.807) is 0 Å². The van der Waals surface area contributed by atoms with E-state index in [0.717, 1.165) is 16.7 Å². The molecule has 0 amide bonds. The van der Waals surface area contributed by atoms with Crippen LogP contribution in [0.25, 0.3) is 21.8 Å². The van der Waals surface area contributed by atoms with E-state index in [9.17, 15) is 0 Å². The number of hydrogen-bond acceptors (Lipinski definition) is 2. The van der Waals surface area contributed by atoms with E-state index >= 15 is 0 Å². The molecule has 3 aromatic rings. The molecule has 0 fully saturated rings. The molecule has 1 heterocycles. The summed E-state index contributed by atoms with van der Waals surface area (Å²) in [6, 6.07) is 12.5. The van der Waals surface area contributed by atoms with E-state index in [1.165, 1.54) is 10.8 Å². The van der Waals surface area contributed by atoms with E-state index in [-0.39, 0.29) is 5.41 Å². The van der Waals surface area contributed by atoms with E-state index in [2.05, 4.69) is 50.0 Å². The standard InChI is InChI=1S/C16H16N2/c1-16(2,3)14-10-17-13-9-8-11-6-4-5-7-12(11)15(13)18-14/h4-10H,1-3H3. The van der Waals surface area contributed by atoms with Gasteiger partial charge in [0.1, 0.15) is 0 Å². The van der Waals surface area contributed by atoms with Gasteiger partial charge in [0.25, 0.3) is 0 Å². The molecule has 0 N–H and O–H groups in total. The van der Waals surface area contributed by atoms with Crippen molar-refractivity contribution in [3.05, 3.63) is 48.3 Å². The van der Waals surface area contributed by atoms with Gasteiger partial charge in [-0.15, -0.1) is 0 Å². The summed E-state index contributed by atoms with van der Waals surface area (Å²) in [6.45, 7) is 6.48. The van der Waals surface area contributed by atoms with Gasteiger partial charge < -0.3 is 0 Å². The number of aromatic nitrogens is 2. The van der Waals surface area contributed by atoms with Crippen LogP contribution < -0.4 is 0 Å². The minimum Gasteiger partial charge on any atom is -0.253 e. The molecule has 0 spiro atoms. The molecule has 0 bridgehead atoms. The Morgan fingerprint density at radius 3 is 2.50 bits per heavy atom. The van der Waals surface area contributed by atoms with Crippen molar-refractivity contribution in [2.24, 2.45) is 0 Å². The zero-order valence-electron chi connectivity index (χ0n) is 10.9. The van der Waals surface area contributed by atoms with Crippen LogP contribution >= 0.6 is 0 Å². The van der Waals surface area contributed by atoms with Crippen LogP contribution in [0.3, 0.4) is 0 Å². The molecule has 3 rings (SSSR count). The van der Waals surface area contributed by atoms with Crippen molar-refractivity contribution in [2.75, 3.05) is 0 Å². The highest BCUT2D eigenvalue weighted by atomic mass is 14.8. The molecule has 0 saturated carbocycles. The second-order valence-corrected chi connectivity index (χ2v) is 5.66. The molecule has 0 unspecified atom stereocenters. The summed E-state index contributed by atoms with van der Waals surface area (Å²) in [5.41, 5.74) is 3.02. The molecule has 0 atom stereocenters. The zero-order valence-corrected chi connectivity index (χ0v) is 10.9. The fourth-order valence-electron chi connectivity index (χ4n) is 2.11. The van der Waals surface area contributed by atoms with Crippen LogP contribution in [0.15, 0.2) is 42.6 Å².